The maximum absolute atomic E-state index is 2.40. The molecule has 10 rings (SSSR count). The standard InChI is InChI=1S/C46H30N2S/c1-2-12-35(13-3-1)47(38-26-27-46-42(30-38)40-15-7-9-17-45(40)49-46)36-22-18-31(19-23-36)32-20-24-37(25-21-32)48-43-16-8-6-14-39(43)41-28-33-10-4-5-11-34(33)29-44(41)48/h1-30H. The molecule has 0 fully saturated rings. The summed E-state index contributed by atoms with van der Waals surface area (Å²) in [6.45, 7) is 0. The Morgan fingerprint density at radius 3 is 1.76 bits per heavy atom. The molecule has 0 aliphatic heterocycles. The fraction of sp³-hybridized carbons (Fsp3) is 0. The lowest BCUT2D eigenvalue weighted by atomic mass is 10.0. The summed E-state index contributed by atoms with van der Waals surface area (Å²) in [5.74, 6) is 0. The van der Waals surface area contributed by atoms with Crippen molar-refractivity contribution in [3.8, 4) is 16.8 Å². The second-order valence-corrected chi connectivity index (χ2v) is 13.7. The maximum Gasteiger partial charge on any atom is 0.0547 e. The molecule has 0 unspecified atom stereocenters. The van der Waals surface area contributed by atoms with Crippen molar-refractivity contribution >= 4 is 81.1 Å². The Kier molecular flexibility index (Phi) is 6.39. The van der Waals surface area contributed by atoms with Crippen LogP contribution in [0.4, 0.5) is 17.1 Å². The zero-order valence-corrected chi connectivity index (χ0v) is 27.4. The highest BCUT2D eigenvalue weighted by molar-refractivity contribution is 7.25. The monoisotopic (exact) mass is 642 g/mol. The van der Waals surface area contributed by atoms with Crippen molar-refractivity contribution in [1.29, 1.82) is 0 Å². The van der Waals surface area contributed by atoms with Crippen LogP contribution in [0, 0.1) is 0 Å². The predicted octanol–water partition coefficient (Wildman–Crippen LogP) is 13.4. The van der Waals surface area contributed by atoms with Gasteiger partial charge in [-0.15, -0.1) is 11.3 Å². The van der Waals surface area contributed by atoms with Crippen LogP contribution < -0.4 is 4.90 Å². The molecule has 0 N–H and O–H groups in total. The molecule has 8 aromatic carbocycles. The molecule has 2 aromatic heterocycles. The molecule has 2 heterocycles. The molecule has 0 aliphatic rings. The molecule has 0 bridgehead atoms. The first-order valence-electron chi connectivity index (χ1n) is 16.7. The van der Waals surface area contributed by atoms with Crippen molar-refractivity contribution in [1.82, 2.24) is 4.57 Å². The molecular formula is C46H30N2S. The minimum atomic E-state index is 1.13. The number of benzene rings is 8. The second kappa shape index (κ2) is 11.2. The van der Waals surface area contributed by atoms with Crippen LogP contribution in [-0.4, -0.2) is 4.57 Å². The number of thiophene rings is 1. The smallest absolute Gasteiger partial charge is 0.0547 e. The molecule has 0 radical (unpaired) electrons. The van der Waals surface area contributed by atoms with E-state index in [1.807, 2.05) is 11.3 Å². The lowest BCUT2D eigenvalue weighted by Gasteiger charge is -2.26. The zero-order valence-electron chi connectivity index (χ0n) is 26.6. The van der Waals surface area contributed by atoms with Crippen molar-refractivity contribution in [3.63, 3.8) is 0 Å². The van der Waals surface area contributed by atoms with Crippen LogP contribution in [0.1, 0.15) is 0 Å². The van der Waals surface area contributed by atoms with Gasteiger partial charge in [-0.25, -0.2) is 0 Å². The molecule has 3 heteroatoms. The quantitative estimate of drug-likeness (QED) is 0.181. The van der Waals surface area contributed by atoms with Gasteiger partial charge in [0.1, 0.15) is 0 Å². The summed E-state index contributed by atoms with van der Waals surface area (Å²) in [6, 6.07) is 66.2. The maximum atomic E-state index is 2.40. The van der Waals surface area contributed by atoms with E-state index in [-0.39, 0.29) is 0 Å². The van der Waals surface area contributed by atoms with E-state index < -0.39 is 0 Å². The number of nitrogens with zero attached hydrogens (tertiary/aromatic N) is 2. The van der Waals surface area contributed by atoms with Gasteiger partial charge in [0.2, 0.25) is 0 Å². The molecule has 2 nitrogen and oxygen atoms in total. The molecule has 0 spiro atoms. The average Bonchev–Trinajstić information content (AvgIpc) is 3.70. The Labute approximate surface area is 288 Å². The molecule has 49 heavy (non-hydrogen) atoms. The van der Waals surface area contributed by atoms with Gasteiger partial charge in [-0.1, -0.05) is 103 Å². The number of aromatic nitrogens is 1. The normalized spacial score (nSPS) is 11.7. The van der Waals surface area contributed by atoms with E-state index in [1.165, 1.54) is 63.9 Å². The number of hydrogen-bond donors (Lipinski definition) is 0. The number of hydrogen-bond acceptors (Lipinski definition) is 2. The summed E-state index contributed by atoms with van der Waals surface area (Å²) in [5.41, 5.74) is 9.41. The lowest BCUT2D eigenvalue weighted by Crippen LogP contribution is -2.09. The van der Waals surface area contributed by atoms with Gasteiger partial charge in [0.05, 0.1) is 11.0 Å². The Morgan fingerprint density at radius 2 is 0.959 bits per heavy atom. The Hall–Kier alpha value is -6.16. The SMILES string of the molecule is c1ccc(N(c2ccc(-c3ccc(-n4c5ccccc5c5cc6ccccc6cc54)cc3)cc2)c2ccc3sc4ccccc4c3c2)cc1. The van der Waals surface area contributed by atoms with Crippen LogP contribution in [0.15, 0.2) is 182 Å². The van der Waals surface area contributed by atoms with Gasteiger partial charge >= 0.3 is 0 Å². The zero-order chi connectivity index (χ0) is 32.3. The van der Waals surface area contributed by atoms with Crippen LogP contribution >= 0.6 is 11.3 Å². The summed E-state index contributed by atoms with van der Waals surface area (Å²) < 4.78 is 5.03. The van der Waals surface area contributed by atoms with Gasteiger partial charge in [0.15, 0.2) is 0 Å². The van der Waals surface area contributed by atoms with Crippen LogP contribution in [0.3, 0.4) is 0 Å². The fourth-order valence-corrected chi connectivity index (χ4v) is 8.50. The topological polar surface area (TPSA) is 8.17 Å². The number of anilines is 3. The first kappa shape index (κ1) is 27.9. The van der Waals surface area contributed by atoms with Crippen molar-refractivity contribution in [3.05, 3.63) is 182 Å². The lowest BCUT2D eigenvalue weighted by molar-refractivity contribution is 1.18. The molecule has 10 aromatic rings. The van der Waals surface area contributed by atoms with E-state index in [1.54, 1.807) is 0 Å². The summed E-state index contributed by atoms with van der Waals surface area (Å²) in [7, 11) is 0. The number of fused-ring (bicyclic) bond motifs is 7. The molecule has 0 saturated carbocycles. The molecule has 230 valence electrons. The van der Waals surface area contributed by atoms with Gasteiger partial charge < -0.3 is 9.47 Å². The molecule has 0 amide bonds. The summed E-state index contributed by atoms with van der Waals surface area (Å²) in [4.78, 5) is 2.35. The third-order valence-corrected chi connectivity index (χ3v) is 10.9. The van der Waals surface area contributed by atoms with Crippen LogP contribution in [-0.2, 0) is 0 Å². The summed E-state index contributed by atoms with van der Waals surface area (Å²) in [6.07, 6.45) is 0. The predicted molar refractivity (Wildman–Crippen MR) is 211 cm³/mol. The minimum Gasteiger partial charge on any atom is -0.310 e. The van der Waals surface area contributed by atoms with E-state index in [0.717, 1.165) is 22.7 Å². The van der Waals surface area contributed by atoms with Gasteiger partial charge in [-0.2, -0.15) is 0 Å². The average molecular weight is 643 g/mol. The Morgan fingerprint density at radius 1 is 0.367 bits per heavy atom. The van der Waals surface area contributed by atoms with E-state index in [4.69, 9.17) is 0 Å². The molecule has 0 aliphatic carbocycles. The van der Waals surface area contributed by atoms with Crippen molar-refractivity contribution < 1.29 is 0 Å². The highest BCUT2D eigenvalue weighted by Gasteiger charge is 2.16. The fourth-order valence-electron chi connectivity index (χ4n) is 7.42. The van der Waals surface area contributed by atoms with Gasteiger partial charge in [0, 0.05) is 53.7 Å². The van der Waals surface area contributed by atoms with Gasteiger partial charge in [-0.05, 0) is 101 Å². The van der Waals surface area contributed by atoms with Crippen molar-refractivity contribution in [2.24, 2.45) is 0 Å². The van der Waals surface area contributed by atoms with E-state index in [2.05, 4.69) is 191 Å². The number of para-hydroxylation sites is 2. The van der Waals surface area contributed by atoms with E-state index >= 15 is 0 Å². The Balaban J connectivity index is 1.03. The first-order chi connectivity index (χ1) is 24.3. The molecule has 0 atom stereocenters. The summed E-state index contributed by atoms with van der Waals surface area (Å²) in [5, 5.41) is 7.69. The highest BCUT2D eigenvalue weighted by Crippen LogP contribution is 2.41. The highest BCUT2D eigenvalue weighted by atomic mass is 32.1. The van der Waals surface area contributed by atoms with E-state index in [9.17, 15) is 0 Å². The first-order valence-corrected chi connectivity index (χ1v) is 17.5. The van der Waals surface area contributed by atoms with Crippen molar-refractivity contribution in [2.45, 2.75) is 0 Å². The third kappa shape index (κ3) is 4.62. The summed E-state index contributed by atoms with van der Waals surface area (Å²) >= 11 is 1.85. The molecular weight excluding hydrogens is 613 g/mol. The van der Waals surface area contributed by atoms with Gasteiger partial charge in [0.25, 0.3) is 0 Å². The van der Waals surface area contributed by atoms with E-state index in [0.29, 0.717) is 0 Å². The third-order valence-electron chi connectivity index (χ3n) is 9.76. The number of rotatable bonds is 5. The van der Waals surface area contributed by atoms with Crippen LogP contribution in [0.2, 0.25) is 0 Å². The van der Waals surface area contributed by atoms with Gasteiger partial charge in [-0.3, -0.25) is 0 Å². The van der Waals surface area contributed by atoms with Crippen LogP contribution in [0.25, 0.3) is 69.6 Å². The van der Waals surface area contributed by atoms with Crippen molar-refractivity contribution in [2.75, 3.05) is 4.90 Å². The largest absolute Gasteiger partial charge is 0.310 e. The second-order valence-electron chi connectivity index (χ2n) is 12.6. The molecule has 0 saturated heterocycles. The minimum absolute atomic E-state index is 1.13. The Bertz CT molecular complexity index is 2810. The van der Waals surface area contributed by atoms with Crippen LogP contribution in [0.5, 0.6) is 0 Å².